The molecule has 0 aromatic heterocycles. The maximum Gasteiger partial charge on any atom is 0.00989 e. The van der Waals surface area contributed by atoms with Gasteiger partial charge in [0.2, 0.25) is 0 Å². The van der Waals surface area contributed by atoms with E-state index >= 15 is 0 Å². The lowest BCUT2D eigenvalue weighted by molar-refractivity contribution is 0.586. The summed E-state index contributed by atoms with van der Waals surface area (Å²) in [6.07, 6.45) is 12.1. The molecule has 2 N–H and O–H groups in total. The van der Waals surface area contributed by atoms with E-state index in [2.05, 4.69) is 30.6 Å². The van der Waals surface area contributed by atoms with E-state index in [0.717, 1.165) is 25.8 Å². The van der Waals surface area contributed by atoms with Crippen molar-refractivity contribution in [1.82, 2.24) is 0 Å². The zero-order valence-electron chi connectivity index (χ0n) is 11.4. The quantitative estimate of drug-likeness (QED) is 0.475. The van der Waals surface area contributed by atoms with E-state index in [1.807, 2.05) is 0 Å². The maximum absolute atomic E-state index is 5.44. The van der Waals surface area contributed by atoms with Gasteiger partial charge in [-0.25, -0.2) is 0 Å². The molecule has 1 nitrogen and oxygen atoms in total. The molecule has 0 spiro atoms. The van der Waals surface area contributed by atoms with Crippen molar-refractivity contribution < 1.29 is 0 Å². The van der Waals surface area contributed by atoms with E-state index in [1.54, 1.807) is 0 Å². The minimum atomic E-state index is 0.842. The molecular weight excluding hydrogens is 206 g/mol. The van der Waals surface area contributed by atoms with Crippen LogP contribution in [0.15, 0.2) is 0 Å². The molecule has 17 heavy (non-hydrogen) atoms. The van der Waals surface area contributed by atoms with E-state index < -0.39 is 0 Å². The molecule has 0 bridgehead atoms. The molecule has 0 unspecified atom stereocenters. The second-order valence-corrected chi connectivity index (χ2v) is 4.37. The van der Waals surface area contributed by atoms with Gasteiger partial charge in [0.05, 0.1) is 0 Å². The first-order valence-corrected chi connectivity index (χ1v) is 7.07. The highest BCUT2D eigenvalue weighted by atomic mass is 14.5. The number of rotatable bonds is 9. The maximum atomic E-state index is 5.44. The van der Waals surface area contributed by atoms with Crippen LogP contribution in [0.2, 0.25) is 0 Å². The average molecular weight is 233 g/mol. The van der Waals surface area contributed by atoms with Gasteiger partial charge in [-0.2, -0.15) is 0 Å². The largest absolute Gasteiger partial charge is 0.330 e. The van der Waals surface area contributed by atoms with Crippen LogP contribution in [0, 0.1) is 23.7 Å². The van der Waals surface area contributed by atoms with Gasteiger partial charge in [0, 0.05) is 12.8 Å². The number of hydrogen-bond donors (Lipinski definition) is 1. The van der Waals surface area contributed by atoms with Crippen LogP contribution < -0.4 is 5.73 Å². The third kappa shape index (κ3) is 15.1. The summed E-state index contributed by atoms with van der Waals surface area (Å²) in [6, 6.07) is 0. The minimum Gasteiger partial charge on any atom is -0.330 e. The summed E-state index contributed by atoms with van der Waals surface area (Å²) in [6.45, 7) is 2.98. The molecule has 0 aliphatic carbocycles. The van der Waals surface area contributed by atoms with Crippen molar-refractivity contribution in [1.29, 1.82) is 0 Å². The van der Waals surface area contributed by atoms with Crippen molar-refractivity contribution in [3.05, 3.63) is 0 Å². The third-order valence-corrected chi connectivity index (χ3v) is 2.62. The van der Waals surface area contributed by atoms with Crippen molar-refractivity contribution in [2.75, 3.05) is 6.54 Å². The van der Waals surface area contributed by atoms with Crippen LogP contribution in [0.25, 0.3) is 0 Å². The summed E-state index contributed by atoms with van der Waals surface area (Å²) >= 11 is 0. The minimum absolute atomic E-state index is 0.842. The molecule has 96 valence electrons. The fraction of sp³-hybridized carbons (Fsp3) is 0.750. The molecule has 0 amide bonds. The smallest absolute Gasteiger partial charge is 0.00989 e. The second-order valence-electron chi connectivity index (χ2n) is 4.37. The normalized spacial score (nSPS) is 9.06. The van der Waals surface area contributed by atoms with Gasteiger partial charge in [-0.1, -0.05) is 50.9 Å². The second kappa shape index (κ2) is 15.1. The molecule has 0 atom stereocenters. The highest BCUT2D eigenvalue weighted by Crippen LogP contribution is 2.07. The Labute approximate surface area is 108 Å². The van der Waals surface area contributed by atoms with Gasteiger partial charge in [-0.3, -0.25) is 0 Å². The van der Waals surface area contributed by atoms with Crippen molar-refractivity contribution in [2.24, 2.45) is 5.73 Å². The third-order valence-electron chi connectivity index (χ3n) is 2.62. The lowest BCUT2D eigenvalue weighted by Crippen LogP contribution is -1.97. The predicted octanol–water partition coefficient (Wildman–Crippen LogP) is 3.87. The highest BCUT2D eigenvalue weighted by Gasteiger charge is 1.89. The van der Waals surface area contributed by atoms with E-state index in [-0.39, 0.29) is 0 Å². The standard InChI is InChI=1S/C16H27N/c1-2-3-4-5-6-7-8-9-10-11-12-13-14-15-16-17/h2-3,8-17H2,1H3. The fourth-order valence-electron chi connectivity index (χ4n) is 1.58. The number of unbranched alkanes of at least 4 members (excludes halogenated alkanes) is 8. The topological polar surface area (TPSA) is 26.0 Å². The molecule has 0 saturated heterocycles. The monoisotopic (exact) mass is 233 g/mol. The van der Waals surface area contributed by atoms with Crippen LogP contribution in [0.5, 0.6) is 0 Å². The zero-order chi connectivity index (χ0) is 12.6. The summed E-state index contributed by atoms with van der Waals surface area (Å²) in [4.78, 5) is 0. The molecule has 0 rings (SSSR count). The van der Waals surface area contributed by atoms with Crippen LogP contribution >= 0.6 is 0 Å². The first-order valence-electron chi connectivity index (χ1n) is 7.07. The van der Waals surface area contributed by atoms with Crippen LogP contribution in [0.4, 0.5) is 0 Å². The molecular formula is C16H27N. The number of hydrogen-bond acceptors (Lipinski definition) is 1. The van der Waals surface area contributed by atoms with E-state index in [9.17, 15) is 0 Å². The first kappa shape index (κ1) is 16.1. The van der Waals surface area contributed by atoms with Gasteiger partial charge >= 0.3 is 0 Å². The molecule has 0 heterocycles. The summed E-state index contributed by atoms with van der Waals surface area (Å²) in [7, 11) is 0. The lowest BCUT2D eigenvalue weighted by atomic mass is 10.1. The van der Waals surface area contributed by atoms with Gasteiger partial charge in [0.1, 0.15) is 0 Å². The van der Waals surface area contributed by atoms with Crippen LogP contribution in [0.3, 0.4) is 0 Å². The zero-order valence-corrected chi connectivity index (χ0v) is 11.4. The molecule has 0 aromatic rings. The molecule has 1 heteroatoms. The first-order chi connectivity index (χ1) is 8.41. The Kier molecular flexibility index (Phi) is 14.3. The lowest BCUT2D eigenvalue weighted by Gasteiger charge is -1.98. The van der Waals surface area contributed by atoms with Crippen LogP contribution in [-0.2, 0) is 0 Å². The summed E-state index contributed by atoms with van der Waals surface area (Å²) < 4.78 is 0. The SMILES string of the molecule is CCCC#CC#CCCCCCCCCCN. The summed E-state index contributed by atoms with van der Waals surface area (Å²) in [5.74, 6) is 11.9. The summed E-state index contributed by atoms with van der Waals surface area (Å²) in [5, 5.41) is 0. The van der Waals surface area contributed by atoms with Crippen LogP contribution in [0.1, 0.15) is 71.1 Å². The van der Waals surface area contributed by atoms with Gasteiger partial charge in [-0.05, 0) is 37.6 Å². The summed E-state index contributed by atoms with van der Waals surface area (Å²) in [5.41, 5.74) is 5.44. The molecule has 0 radical (unpaired) electrons. The Bertz CT molecular complexity index is 259. The Hall–Kier alpha value is -0.920. The van der Waals surface area contributed by atoms with E-state index in [1.165, 1.54) is 44.9 Å². The highest BCUT2D eigenvalue weighted by molar-refractivity contribution is 5.25. The Morgan fingerprint density at radius 1 is 0.706 bits per heavy atom. The molecule has 0 aromatic carbocycles. The van der Waals surface area contributed by atoms with Crippen molar-refractivity contribution in [2.45, 2.75) is 71.1 Å². The van der Waals surface area contributed by atoms with E-state index in [4.69, 9.17) is 5.73 Å². The van der Waals surface area contributed by atoms with Crippen molar-refractivity contribution in [3.8, 4) is 23.7 Å². The Balaban J connectivity index is 3.16. The van der Waals surface area contributed by atoms with Gasteiger partial charge in [0.25, 0.3) is 0 Å². The van der Waals surface area contributed by atoms with Crippen molar-refractivity contribution in [3.63, 3.8) is 0 Å². The molecule has 0 aliphatic heterocycles. The fourth-order valence-corrected chi connectivity index (χ4v) is 1.58. The molecule has 0 fully saturated rings. The van der Waals surface area contributed by atoms with E-state index in [0.29, 0.717) is 0 Å². The molecule has 0 aliphatic rings. The molecule has 0 saturated carbocycles. The van der Waals surface area contributed by atoms with Gasteiger partial charge in [-0.15, -0.1) is 0 Å². The van der Waals surface area contributed by atoms with Crippen molar-refractivity contribution >= 4 is 0 Å². The Morgan fingerprint density at radius 2 is 1.24 bits per heavy atom. The number of nitrogens with two attached hydrogens (primary N) is 1. The Morgan fingerprint density at radius 3 is 1.82 bits per heavy atom. The van der Waals surface area contributed by atoms with Crippen LogP contribution in [-0.4, -0.2) is 6.54 Å². The van der Waals surface area contributed by atoms with Gasteiger partial charge < -0.3 is 5.73 Å². The average Bonchev–Trinajstić information content (AvgIpc) is 2.35. The predicted molar refractivity (Wildman–Crippen MR) is 76.5 cm³/mol. The van der Waals surface area contributed by atoms with Gasteiger partial charge in [0.15, 0.2) is 0 Å².